The van der Waals surface area contributed by atoms with Gasteiger partial charge in [0.25, 0.3) is 0 Å². The lowest BCUT2D eigenvalue weighted by molar-refractivity contribution is 0.221. The van der Waals surface area contributed by atoms with Crippen LogP contribution in [0.2, 0.25) is 0 Å². The molecule has 0 N–H and O–H groups in total. The largest absolute Gasteiger partial charge is 0.301 e. The molecule has 4 heteroatoms. The molecule has 0 spiro atoms. The molecule has 0 atom stereocenters. The third-order valence-corrected chi connectivity index (χ3v) is 2.01. The van der Waals surface area contributed by atoms with Crippen LogP contribution in [-0.4, -0.2) is 30.6 Å². The van der Waals surface area contributed by atoms with E-state index in [1.165, 1.54) is 6.42 Å². The summed E-state index contributed by atoms with van der Waals surface area (Å²) in [6.45, 7) is 9.36. The molecule has 0 bridgehead atoms. The molecule has 0 rings (SSSR count). The third-order valence-electron chi connectivity index (χ3n) is 2.01. The predicted molar refractivity (Wildman–Crippen MR) is 55.6 cm³/mol. The van der Waals surface area contributed by atoms with Gasteiger partial charge in [-0.05, 0) is 45.3 Å². The van der Waals surface area contributed by atoms with Crippen LogP contribution in [0.15, 0.2) is 5.11 Å². The zero-order chi connectivity index (χ0) is 10.1. The van der Waals surface area contributed by atoms with Crippen molar-refractivity contribution in [2.24, 2.45) is 5.11 Å². The van der Waals surface area contributed by atoms with Crippen LogP contribution in [0.1, 0.15) is 33.6 Å². The topological polar surface area (TPSA) is 52.0 Å². The Morgan fingerprint density at radius 2 is 2.08 bits per heavy atom. The first-order valence-electron chi connectivity index (χ1n) is 4.97. The average molecular weight is 184 g/mol. The van der Waals surface area contributed by atoms with Gasteiger partial charge in [-0.1, -0.05) is 12.0 Å². The summed E-state index contributed by atoms with van der Waals surface area (Å²) in [5.74, 6) is 0. The number of hydrogen-bond donors (Lipinski definition) is 0. The van der Waals surface area contributed by atoms with Gasteiger partial charge in [-0.2, -0.15) is 0 Å². The van der Waals surface area contributed by atoms with Crippen molar-refractivity contribution in [2.75, 3.05) is 19.6 Å². The Labute approximate surface area is 80.6 Å². The predicted octanol–water partition coefficient (Wildman–Crippen LogP) is 2.81. The summed E-state index contributed by atoms with van der Waals surface area (Å²) in [4.78, 5) is 5.14. The summed E-state index contributed by atoms with van der Waals surface area (Å²) in [6, 6.07) is 0.589. The van der Waals surface area contributed by atoms with E-state index in [9.17, 15) is 0 Å². The van der Waals surface area contributed by atoms with Crippen molar-refractivity contribution in [1.82, 2.24) is 4.90 Å². The monoisotopic (exact) mass is 184 g/mol. The molecule has 0 aromatic carbocycles. The highest BCUT2D eigenvalue weighted by Gasteiger charge is 2.06. The Morgan fingerprint density at radius 3 is 2.54 bits per heavy atom. The maximum atomic E-state index is 8.09. The summed E-state index contributed by atoms with van der Waals surface area (Å²) in [5.41, 5.74) is 8.09. The molecule has 0 fully saturated rings. The van der Waals surface area contributed by atoms with Gasteiger partial charge in [0.2, 0.25) is 0 Å². The van der Waals surface area contributed by atoms with E-state index in [0.717, 1.165) is 19.5 Å². The smallest absolute Gasteiger partial charge is 0.0270 e. The molecule has 0 aromatic rings. The van der Waals surface area contributed by atoms with Crippen molar-refractivity contribution in [2.45, 2.75) is 39.7 Å². The summed E-state index contributed by atoms with van der Waals surface area (Å²) in [6.07, 6.45) is 2.14. The van der Waals surface area contributed by atoms with Crippen LogP contribution < -0.4 is 0 Å². The Morgan fingerprint density at radius 1 is 1.38 bits per heavy atom. The van der Waals surface area contributed by atoms with Crippen LogP contribution in [0.3, 0.4) is 0 Å². The fourth-order valence-electron chi connectivity index (χ4n) is 1.30. The molecule has 13 heavy (non-hydrogen) atoms. The SMILES string of the molecule is CCCN(CCCN=[N+]=[N-])C(C)C. The highest BCUT2D eigenvalue weighted by molar-refractivity contribution is 4.62. The second-order valence-electron chi connectivity index (χ2n) is 3.44. The minimum Gasteiger partial charge on any atom is -0.301 e. The van der Waals surface area contributed by atoms with Gasteiger partial charge < -0.3 is 4.90 Å². The normalized spacial score (nSPS) is 10.5. The second-order valence-corrected chi connectivity index (χ2v) is 3.44. The van der Waals surface area contributed by atoms with Gasteiger partial charge in [0.1, 0.15) is 0 Å². The molecule has 0 unspecified atom stereocenters. The standard InChI is InChI=1S/C9H20N4/c1-4-7-13(9(2)3)8-5-6-11-12-10/h9H,4-8H2,1-3H3. The van der Waals surface area contributed by atoms with E-state index in [2.05, 4.69) is 35.7 Å². The number of hydrogen-bond acceptors (Lipinski definition) is 2. The molecule has 76 valence electrons. The van der Waals surface area contributed by atoms with Crippen molar-refractivity contribution in [3.63, 3.8) is 0 Å². The Balaban J connectivity index is 3.62. The van der Waals surface area contributed by atoms with E-state index in [1.54, 1.807) is 0 Å². The third kappa shape index (κ3) is 6.43. The first kappa shape index (κ1) is 12.3. The molecule has 0 aliphatic heterocycles. The summed E-state index contributed by atoms with van der Waals surface area (Å²) < 4.78 is 0. The van der Waals surface area contributed by atoms with E-state index in [1.807, 2.05) is 0 Å². The zero-order valence-corrected chi connectivity index (χ0v) is 8.90. The zero-order valence-electron chi connectivity index (χ0n) is 8.90. The van der Waals surface area contributed by atoms with Gasteiger partial charge >= 0.3 is 0 Å². The van der Waals surface area contributed by atoms with Gasteiger partial charge in [-0.3, -0.25) is 0 Å². The number of azide groups is 1. The first-order valence-corrected chi connectivity index (χ1v) is 4.97. The number of rotatable bonds is 7. The maximum absolute atomic E-state index is 8.09. The lowest BCUT2D eigenvalue weighted by atomic mass is 10.2. The van der Waals surface area contributed by atoms with Crippen molar-refractivity contribution in [3.8, 4) is 0 Å². The van der Waals surface area contributed by atoms with Gasteiger partial charge in [-0.15, -0.1) is 0 Å². The summed E-state index contributed by atoms with van der Waals surface area (Å²) in [5, 5.41) is 3.52. The molecule has 0 radical (unpaired) electrons. The Hall–Kier alpha value is -0.730. The first-order chi connectivity index (χ1) is 6.22. The average Bonchev–Trinajstić information content (AvgIpc) is 2.10. The molecule has 0 aliphatic carbocycles. The van der Waals surface area contributed by atoms with Crippen LogP contribution in [0.5, 0.6) is 0 Å². The highest BCUT2D eigenvalue weighted by Crippen LogP contribution is 2.00. The van der Waals surface area contributed by atoms with Crippen LogP contribution in [0.4, 0.5) is 0 Å². The van der Waals surface area contributed by atoms with E-state index < -0.39 is 0 Å². The number of nitrogens with zero attached hydrogens (tertiary/aromatic N) is 4. The molecular formula is C9H20N4. The molecule has 0 saturated carbocycles. The Bertz CT molecular complexity index is 161. The molecule has 0 saturated heterocycles. The minimum atomic E-state index is 0.589. The van der Waals surface area contributed by atoms with Crippen molar-refractivity contribution >= 4 is 0 Å². The van der Waals surface area contributed by atoms with Crippen molar-refractivity contribution in [1.29, 1.82) is 0 Å². The van der Waals surface area contributed by atoms with Crippen LogP contribution >= 0.6 is 0 Å². The van der Waals surface area contributed by atoms with E-state index >= 15 is 0 Å². The van der Waals surface area contributed by atoms with Crippen LogP contribution in [0, 0.1) is 0 Å². The molecule has 0 amide bonds. The summed E-state index contributed by atoms with van der Waals surface area (Å²) >= 11 is 0. The van der Waals surface area contributed by atoms with Crippen molar-refractivity contribution < 1.29 is 0 Å². The highest BCUT2D eigenvalue weighted by atomic mass is 15.2. The van der Waals surface area contributed by atoms with Gasteiger partial charge in [0.05, 0.1) is 0 Å². The van der Waals surface area contributed by atoms with Crippen LogP contribution in [0.25, 0.3) is 10.4 Å². The van der Waals surface area contributed by atoms with Crippen LogP contribution in [-0.2, 0) is 0 Å². The molecule has 0 aliphatic rings. The molecular weight excluding hydrogens is 164 g/mol. The molecule has 0 aromatic heterocycles. The second kappa shape index (κ2) is 7.90. The lowest BCUT2D eigenvalue weighted by Gasteiger charge is -2.25. The van der Waals surface area contributed by atoms with Gasteiger partial charge in [0, 0.05) is 17.5 Å². The van der Waals surface area contributed by atoms with Gasteiger partial charge in [-0.25, -0.2) is 0 Å². The minimum absolute atomic E-state index is 0.589. The molecule has 4 nitrogen and oxygen atoms in total. The van der Waals surface area contributed by atoms with E-state index in [4.69, 9.17) is 5.53 Å². The fraction of sp³-hybridized carbons (Fsp3) is 1.00. The Kier molecular flexibility index (Phi) is 7.45. The quantitative estimate of drug-likeness (QED) is 0.260. The van der Waals surface area contributed by atoms with Crippen molar-refractivity contribution in [3.05, 3.63) is 10.4 Å². The molecule has 0 heterocycles. The summed E-state index contributed by atoms with van der Waals surface area (Å²) in [7, 11) is 0. The lowest BCUT2D eigenvalue weighted by Crippen LogP contribution is -2.32. The fourth-order valence-corrected chi connectivity index (χ4v) is 1.30. The van der Waals surface area contributed by atoms with E-state index in [0.29, 0.717) is 12.6 Å². The van der Waals surface area contributed by atoms with E-state index in [-0.39, 0.29) is 0 Å². The maximum Gasteiger partial charge on any atom is 0.0270 e. The van der Waals surface area contributed by atoms with Gasteiger partial charge in [0.15, 0.2) is 0 Å².